The molecule has 6 atom stereocenters. The highest BCUT2D eigenvalue weighted by Crippen LogP contribution is 2.64. The lowest BCUT2D eigenvalue weighted by Crippen LogP contribution is -2.69. The number of aromatic hydroxyl groups is 1. The standard InChI is InChI=1S/C26H32N2O9/c1-13(35-19(30)7-5-15(27)23(31)32)24(33)36-17-8-10-26(34)18-12-14-4-6-16(29)21-20(14)25(26,22(17)37-21)9-3-11-28(18)2/h4,6,8,13,15,18,22,29,34H,3,5,7,9-12,27H2,1-2H3,(H,31,32)/t13-,15-,18+,22-,25-,26+/m0/s1. The Morgan fingerprint density at radius 2 is 2.08 bits per heavy atom. The van der Waals surface area contributed by atoms with E-state index < -0.39 is 47.2 Å². The van der Waals surface area contributed by atoms with Crippen molar-refractivity contribution in [1.82, 2.24) is 4.90 Å². The first-order valence-electron chi connectivity index (χ1n) is 12.5. The van der Waals surface area contributed by atoms with E-state index in [0.717, 1.165) is 24.1 Å². The number of hydrogen-bond acceptors (Lipinski definition) is 10. The zero-order valence-corrected chi connectivity index (χ0v) is 20.8. The fraction of sp³-hybridized carbons (Fsp3) is 0.577. The number of carbonyl (C=O) groups is 3. The van der Waals surface area contributed by atoms with Gasteiger partial charge in [-0.05, 0) is 63.9 Å². The van der Waals surface area contributed by atoms with Crippen LogP contribution in [0, 0.1) is 0 Å². The number of aliphatic hydroxyl groups is 1. The maximum atomic E-state index is 12.9. The molecule has 11 nitrogen and oxygen atoms in total. The third-order valence-corrected chi connectivity index (χ3v) is 8.41. The van der Waals surface area contributed by atoms with E-state index in [2.05, 4.69) is 4.90 Å². The first-order valence-corrected chi connectivity index (χ1v) is 12.5. The molecule has 1 fully saturated rings. The number of hydrogen-bond donors (Lipinski definition) is 4. The van der Waals surface area contributed by atoms with Gasteiger partial charge in [-0.1, -0.05) is 6.07 Å². The molecule has 4 aliphatic rings. The Morgan fingerprint density at radius 1 is 1.32 bits per heavy atom. The maximum absolute atomic E-state index is 12.9. The van der Waals surface area contributed by atoms with Gasteiger partial charge >= 0.3 is 17.9 Å². The van der Waals surface area contributed by atoms with Gasteiger partial charge < -0.3 is 40.2 Å². The predicted octanol–water partition coefficient (Wildman–Crippen LogP) is 0.727. The number of nitrogens with two attached hydrogens (primary N) is 1. The number of rotatable bonds is 7. The first kappa shape index (κ1) is 25.5. The van der Waals surface area contributed by atoms with Gasteiger partial charge in [0.1, 0.15) is 11.8 Å². The number of ether oxygens (including phenoxy) is 3. The summed E-state index contributed by atoms with van der Waals surface area (Å²) < 4.78 is 17.1. The number of esters is 2. The van der Waals surface area contributed by atoms with E-state index >= 15 is 0 Å². The largest absolute Gasteiger partial charge is 0.504 e. The van der Waals surface area contributed by atoms with Crippen molar-refractivity contribution < 1.29 is 43.9 Å². The monoisotopic (exact) mass is 516 g/mol. The Balaban J connectivity index is 1.40. The molecule has 1 aromatic carbocycles. The normalized spacial score (nSPS) is 31.2. The minimum Gasteiger partial charge on any atom is -0.504 e. The summed E-state index contributed by atoms with van der Waals surface area (Å²) in [4.78, 5) is 38.0. The van der Waals surface area contributed by atoms with E-state index in [-0.39, 0.29) is 36.8 Å². The highest BCUT2D eigenvalue weighted by molar-refractivity contribution is 5.80. The van der Waals surface area contributed by atoms with E-state index in [4.69, 9.17) is 25.1 Å². The van der Waals surface area contributed by atoms with Crippen molar-refractivity contribution in [3.05, 3.63) is 35.1 Å². The summed E-state index contributed by atoms with van der Waals surface area (Å²) in [5.74, 6) is -2.35. The molecule has 5 N–H and O–H groups in total. The molecule has 37 heavy (non-hydrogen) atoms. The van der Waals surface area contributed by atoms with Gasteiger partial charge in [0.2, 0.25) is 0 Å². The number of likely N-dealkylation sites (tertiary alicyclic amines) is 1. The van der Waals surface area contributed by atoms with Crippen LogP contribution in [0.3, 0.4) is 0 Å². The number of phenols is 1. The average Bonchev–Trinajstić information content (AvgIpc) is 3.19. The van der Waals surface area contributed by atoms with Crippen LogP contribution in [0.5, 0.6) is 11.5 Å². The van der Waals surface area contributed by atoms with Crippen LogP contribution in [-0.2, 0) is 35.7 Å². The van der Waals surface area contributed by atoms with Crippen molar-refractivity contribution in [1.29, 1.82) is 0 Å². The van der Waals surface area contributed by atoms with Crippen LogP contribution >= 0.6 is 0 Å². The molecule has 11 heteroatoms. The van der Waals surface area contributed by atoms with Gasteiger partial charge in [-0.3, -0.25) is 9.59 Å². The minimum absolute atomic E-state index is 0.0338. The molecule has 2 aliphatic heterocycles. The van der Waals surface area contributed by atoms with Crippen molar-refractivity contribution >= 4 is 17.9 Å². The van der Waals surface area contributed by atoms with Crippen molar-refractivity contribution in [3.63, 3.8) is 0 Å². The van der Waals surface area contributed by atoms with E-state index in [9.17, 15) is 24.6 Å². The molecule has 2 heterocycles. The molecule has 0 amide bonds. The molecule has 1 aromatic rings. The lowest BCUT2D eigenvalue weighted by molar-refractivity contribution is -0.168. The van der Waals surface area contributed by atoms with E-state index in [0.29, 0.717) is 18.6 Å². The molecule has 0 aromatic heterocycles. The Morgan fingerprint density at radius 3 is 2.81 bits per heavy atom. The highest BCUT2D eigenvalue weighted by atomic mass is 16.6. The Labute approximate surface area is 213 Å². The van der Waals surface area contributed by atoms with Crippen molar-refractivity contribution in [3.8, 4) is 11.5 Å². The smallest absolute Gasteiger partial charge is 0.352 e. The summed E-state index contributed by atoms with van der Waals surface area (Å²) in [5, 5.41) is 31.8. The summed E-state index contributed by atoms with van der Waals surface area (Å²) in [6, 6.07) is 2.07. The molecule has 200 valence electrons. The number of aliphatic carboxylic acids is 1. The van der Waals surface area contributed by atoms with Crippen LogP contribution in [0.4, 0.5) is 0 Å². The Hall–Kier alpha value is -3.15. The van der Waals surface area contributed by atoms with Crippen LogP contribution in [0.25, 0.3) is 0 Å². The van der Waals surface area contributed by atoms with Gasteiger partial charge in [0.05, 0.1) is 11.0 Å². The van der Waals surface area contributed by atoms with Gasteiger partial charge in [-0.25, -0.2) is 4.79 Å². The van der Waals surface area contributed by atoms with Crippen molar-refractivity contribution in [2.75, 3.05) is 13.6 Å². The molecular formula is C26H32N2O9. The second kappa shape index (κ2) is 9.00. The number of phenolic OH excluding ortho intramolecular Hbond substituents is 1. The predicted molar refractivity (Wildman–Crippen MR) is 128 cm³/mol. The maximum Gasteiger partial charge on any atom is 0.352 e. The number of benzene rings is 1. The summed E-state index contributed by atoms with van der Waals surface area (Å²) >= 11 is 0. The zero-order chi connectivity index (χ0) is 26.7. The van der Waals surface area contributed by atoms with Gasteiger partial charge in [-0.2, -0.15) is 0 Å². The molecule has 1 saturated heterocycles. The highest BCUT2D eigenvalue weighted by Gasteiger charge is 2.71. The summed E-state index contributed by atoms with van der Waals surface area (Å²) in [7, 11) is 2.00. The summed E-state index contributed by atoms with van der Waals surface area (Å²) in [6.07, 6.45) is 1.33. The SMILES string of the molecule is C[C@H](OC(=O)CC[C@H](N)C(=O)O)C(=O)OC1=CC[C@@]2(O)[C@H]3Cc4ccc(O)c5c4[C@@]2(CCCN3C)[C@H]1O5. The number of likely N-dealkylation sites (N-methyl/N-ethyl adjacent to an activating group) is 1. The van der Waals surface area contributed by atoms with Crippen molar-refractivity contribution in [2.45, 2.75) is 80.8 Å². The third kappa shape index (κ3) is 3.79. The van der Waals surface area contributed by atoms with E-state index in [1.165, 1.54) is 6.92 Å². The number of nitrogens with zero attached hydrogens (tertiary/aromatic N) is 1. The van der Waals surface area contributed by atoms with Crippen LogP contribution in [0.15, 0.2) is 24.0 Å². The number of carbonyl (C=O) groups excluding carboxylic acids is 2. The van der Waals surface area contributed by atoms with Crippen molar-refractivity contribution in [2.24, 2.45) is 5.73 Å². The van der Waals surface area contributed by atoms with Crippen LogP contribution in [0.2, 0.25) is 0 Å². The fourth-order valence-electron chi connectivity index (χ4n) is 6.59. The van der Waals surface area contributed by atoms with Crippen LogP contribution in [0.1, 0.15) is 50.2 Å². The average molecular weight is 517 g/mol. The van der Waals surface area contributed by atoms with Gasteiger partial charge in [-0.15, -0.1) is 0 Å². The third-order valence-electron chi connectivity index (χ3n) is 8.41. The molecule has 1 spiro atoms. The topological polar surface area (TPSA) is 169 Å². The molecule has 0 unspecified atom stereocenters. The minimum atomic E-state index is -1.26. The first-order chi connectivity index (χ1) is 17.5. The lowest BCUT2D eigenvalue weighted by Gasteiger charge is -2.56. The van der Waals surface area contributed by atoms with Gasteiger partial charge in [0.25, 0.3) is 0 Å². The van der Waals surface area contributed by atoms with E-state index in [1.54, 1.807) is 12.1 Å². The van der Waals surface area contributed by atoms with Crippen LogP contribution < -0.4 is 10.5 Å². The summed E-state index contributed by atoms with van der Waals surface area (Å²) in [6.45, 7) is 2.14. The molecular weight excluding hydrogens is 484 g/mol. The fourth-order valence-corrected chi connectivity index (χ4v) is 6.59. The number of carboxylic acids is 1. The molecule has 5 rings (SSSR count). The van der Waals surface area contributed by atoms with Gasteiger partial charge in [0, 0.05) is 24.4 Å². The Kier molecular flexibility index (Phi) is 6.20. The van der Waals surface area contributed by atoms with E-state index in [1.807, 2.05) is 13.1 Å². The number of carboxylic acid groups (broad SMARTS) is 1. The lowest BCUT2D eigenvalue weighted by atomic mass is 9.52. The molecule has 0 saturated carbocycles. The summed E-state index contributed by atoms with van der Waals surface area (Å²) in [5.41, 5.74) is 5.07. The quantitative estimate of drug-likeness (QED) is 0.377. The zero-order valence-electron chi connectivity index (χ0n) is 20.8. The van der Waals surface area contributed by atoms with Crippen LogP contribution in [-0.4, -0.2) is 81.6 Å². The molecule has 0 radical (unpaired) electrons. The second-order valence-electron chi connectivity index (χ2n) is 10.5. The second-order valence-corrected chi connectivity index (χ2v) is 10.5. The van der Waals surface area contributed by atoms with Gasteiger partial charge in [0.15, 0.2) is 23.7 Å². The molecule has 2 aliphatic carbocycles. The molecule has 2 bridgehead atoms. The Bertz CT molecular complexity index is 1180.